The standard InChI is InChI=1S/C21H20N8O/c1-29(2)7-8-30-14-9-13(10-23-11-14)15-3-4-17-19(24-15)20(28-27-17)21-25-16-5-6-22-12-18(16)26-21/h3-6,9-12H,7-8H2,1-2H3,(H,25,26)(H,27,28). The molecule has 2 N–H and O–H groups in total. The summed E-state index contributed by atoms with van der Waals surface area (Å²) in [6, 6.07) is 7.70. The Morgan fingerprint density at radius 2 is 1.93 bits per heavy atom. The van der Waals surface area contributed by atoms with E-state index in [9.17, 15) is 0 Å². The van der Waals surface area contributed by atoms with Crippen LogP contribution in [0.25, 0.3) is 44.8 Å². The third kappa shape index (κ3) is 3.46. The number of ether oxygens (including phenoxy) is 1. The van der Waals surface area contributed by atoms with Gasteiger partial charge in [-0.15, -0.1) is 0 Å². The van der Waals surface area contributed by atoms with E-state index in [4.69, 9.17) is 9.72 Å². The van der Waals surface area contributed by atoms with Crippen molar-refractivity contribution in [3.05, 3.63) is 49.1 Å². The maximum absolute atomic E-state index is 5.81. The molecule has 150 valence electrons. The van der Waals surface area contributed by atoms with Crippen LogP contribution in [-0.2, 0) is 0 Å². The van der Waals surface area contributed by atoms with Gasteiger partial charge in [0.2, 0.25) is 0 Å². The predicted octanol–water partition coefficient (Wildman–Crippen LogP) is 2.90. The molecule has 9 nitrogen and oxygen atoms in total. The molecule has 0 radical (unpaired) electrons. The lowest BCUT2D eigenvalue weighted by atomic mass is 10.1. The molecule has 0 spiro atoms. The van der Waals surface area contributed by atoms with Crippen molar-refractivity contribution in [2.75, 3.05) is 27.2 Å². The number of H-pyrrole nitrogens is 2. The minimum Gasteiger partial charge on any atom is -0.491 e. The molecule has 0 unspecified atom stereocenters. The number of nitrogens with zero attached hydrogens (tertiary/aromatic N) is 6. The zero-order valence-corrected chi connectivity index (χ0v) is 16.6. The van der Waals surface area contributed by atoms with Crippen LogP contribution in [0.4, 0.5) is 0 Å². The number of imidazole rings is 1. The third-order valence-electron chi connectivity index (χ3n) is 4.73. The monoisotopic (exact) mass is 400 g/mol. The molecule has 0 fully saturated rings. The topological polar surface area (TPSA) is 109 Å². The van der Waals surface area contributed by atoms with Crippen molar-refractivity contribution in [1.29, 1.82) is 0 Å². The molecule has 5 aromatic heterocycles. The van der Waals surface area contributed by atoms with Crippen LogP contribution in [0.1, 0.15) is 0 Å². The number of likely N-dealkylation sites (N-methyl/N-ethyl adjacent to an activating group) is 1. The molecule has 9 heteroatoms. The molecule has 30 heavy (non-hydrogen) atoms. The van der Waals surface area contributed by atoms with Crippen LogP contribution in [0.5, 0.6) is 5.75 Å². The highest BCUT2D eigenvalue weighted by molar-refractivity contribution is 5.91. The number of aromatic amines is 2. The van der Waals surface area contributed by atoms with Gasteiger partial charge < -0.3 is 14.6 Å². The second kappa shape index (κ2) is 7.53. The average Bonchev–Trinajstić information content (AvgIpc) is 3.37. The molecule has 0 amide bonds. The maximum Gasteiger partial charge on any atom is 0.161 e. The summed E-state index contributed by atoms with van der Waals surface area (Å²) >= 11 is 0. The van der Waals surface area contributed by atoms with Gasteiger partial charge in [-0.05, 0) is 38.4 Å². The number of fused-ring (bicyclic) bond motifs is 2. The number of rotatable bonds is 6. The zero-order valence-electron chi connectivity index (χ0n) is 16.6. The fourth-order valence-corrected chi connectivity index (χ4v) is 3.18. The van der Waals surface area contributed by atoms with Crippen molar-refractivity contribution in [1.82, 2.24) is 40.0 Å². The Kier molecular flexibility index (Phi) is 4.56. The van der Waals surface area contributed by atoms with Gasteiger partial charge in [-0.25, -0.2) is 9.97 Å². The van der Waals surface area contributed by atoms with E-state index in [1.165, 1.54) is 0 Å². The van der Waals surface area contributed by atoms with Crippen LogP contribution in [0.3, 0.4) is 0 Å². The van der Waals surface area contributed by atoms with Gasteiger partial charge in [0.25, 0.3) is 0 Å². The molecule has 0 aliphatic rings. The van der Waals surface area contributed by atoms with Gasteiger partial charge >= 0.3 is 0 Å². The minimum atomic E-state index is 0.595. The third-order valence-corrected chi connectivity index (χ3v) is 4.73. The van der Waals surface area contributed by atoms with Crippen molar-refractivity contribution < 1.29 is 4.74 Å². The van der Waals surface area contributed by atoms with Gasteiger partial charge in [-0.3, -0.25) is 15.1 Å². The molecule has 5 heterocycles. The van der Waals surface area contributed by atoms with Gasteiger partial charge in [0, 0.05) is 24.5 Å². The molecule has 0 saturated carbocycles. The predicted molar refractivity (Wildman–Crippen MR) is 114 cm³/mol. The van der Waals surface area contributed by atoms with Gasteiger partial charge in [0.05, 0.1) is 34.6 Å². The summed E-state index contributed by atoms with van der Waals surface area (Å²) in [6.45, 7) is 1.43. The quantitative estimate of drug-likeness (QED) is 0.451. The first-order valence-corrected chi connectivity index (χ1v) is 9.55. The van der Waals surface area contributed by atoms with Crippen molar-refractivity contribution in [2.24, 2.45) is 0 Å². The smallest absolute Gasteiger partial charge is 0.161 e. The maximum atomic E-state index is 5.81. The van der Waals surface area contributed by atoms with Gasteiger partial charge in [-0.1, -0.05) is 0 Å². The van der Waals surface area contributed by atoms with E-state index < -0.39 is 0 Å². The Labute approximate surface area is 172 Å². The van der Waals surface area contributed by atoms with Gasteiger partial charge in [0.1, 0.15) is 17.9 Å². The first-order chi connectivity index (χ1) is 14.7. The van der Waals surface area contributed by atoms with Crippen LogP contribution >= 0.6 is 0 Å². The van der Waals surface area contributed by atoms with E-state index in [0.29, 0.717) is 23.9 Å². The lowest BCUT2D eigenvalue weighted by molar-refractivity contribution is 0.261. The number of pyridine rings is 3. The zero-order chi connectivity index (χ0) is 20.5. The van der Waals surface area contributed by atoms with Crippen molar-refractivity contribution in [3.63, 3.8) is 0 Å². The van der Waals surface area contributed by atoms with Crippen molar-refractivity contribution in [3.8, 4) is 28.5 Å². The second-order valence-electron chi connectivity index (χ2n) is 7.20. The van der Waals surface area contributed by atoms with E-state index in [0.717, 1.165) is 39.9 Å². The van der Waals surface area contributed by atoms with E-state index in [2.05, 4.69) is 35.0 Å². The highest BCUT2D eigenvalue weighted by Gasteiger charge is 2.15. The molecule has 5 aromatic rings. The Balaban J connectivity index is 1.50. The van der Waals surface area contributed by atoms with Crippen LogP contribution in [0.15, 0.2) is 49.1 Å². The van der Waals surface area contributed by atoms with Crippen LogP contribution in [0, 0.1) is 0 Å². The highest BCUT2D eigenvalue weighted by Crippen LogP contribution is 2.28. The Bertz CT molecular complexity index is 1290. The SMILES string of the molecule is CN(C)CCOc1cncc(-c2ccc3[nH]nc(-c4nc5ccncc5[nH]4)c3n2)c1. The van der Waals surface area contributed by atoms with Gasteiger partial charge in [-0.2, -0.15) is 5.10 Å². The van der Waals surface area contributed by atoms with Crippen molar-refractivity contribution >= 4 is 22.1 Å². The lowest BCUT2D eigenvalue weighted by Gasteiger charge is -2.11. The van der Waals surface area contributed by atoms with Crippen LogP contribution in [-0.4, -0.2) is 67.3 Å². The minimum absolute atomic E-state index is 0.595. The molecule has 0 aromatic carbocycles. The largest absolute Gasteiger partial charge is 0.491 e. The summed E-state index contributed by atoms with van der Waals surface area (Å²) in [4.78, 5) is 23.2. The van der Waals surface area contributed by atoms with E-state index in [1.54, 1.807) is 24.8 Å². The number of nitrogens with one attached hydrogen (secondary N) is 2. The summed E-state index contributed by atoms with van der Waals surface area (Å²) in [7, 11) is 4.02. The summed E-state index contributed by atoms with van der Waals surface area (Å²) in [5, 5.41) is 7.45. The molecule has 0 bridgehead atoms. The molecule has 0 saturated heterocycles. The normalized spacial score (nSPS) is 11.6. The summed E-state index contributed by atoms with van der Waals surface area (Å²) in [5.41, 5.74) is 5.57. The van der Waals surface area contributed by atoms with Crippen LogP contribution < -0.4 is 4.74 Å². The first-order valence-electron chi connectivity index (χ1n) is 9.55. The molecule has 0 atom stereocenters. The van der Waals surface area contributed by atoms with E-state index in [-0.39, 0.29) is 0 Å². The molecular formula is C21H20N8O. The first kappa shape index (κ1) is 18.2. The Hall–Kier alpha value is -3.85. The van der Waals surface area contributed by atoms with E-state index in [1.807, 2.05) is 38.4 Å². The fourth-order valence-electron chi connectivity index (χ4n) is 3.18. The fraction of sp³-hybridized carbons (Fsp3) is 0.190. The molecular weight excluding hydrogens is 380 g/mol. The average molecular weight is 400 g/mol. The molecule has 5 rings (SSSR count). The van der Waals surface area contributed by atoms with Gasteiger partial charge in [0.15, 0.2) is 11.5 Å². The van der Waals surface area contributed by atoms with E-state index >= 15 is 0 Å². The summed E-state index contributed by atoms with van der Waals surface area (Å²) < 4.78 is 5.81. The Morgan fingerprint density at radius 1 is 1.00 bits per heavy atom. The Morgan fingerprint density at radius 3 is 2.80 bits per heavy atom. The number of hydrogen-bond donors (Lipinski definition) is 2. The summed E-state index contributed by atoms with van der Waals surface area (Å²) in [5.74, 6) is 1.36. The lowest BCUT2D eigenvalue weighted by Crippen LogP contribution is -2.19. The highest BCUT2D eigenvalue weighted by atomic mass is 16.5. The molecule has 0 aliphatic heterocycles. The number of aromatic nitrogens is 7. The summed E-state index contributed by atoms with van der Waals surface area (Å²) in [6.07, 6.45) is 6.95. The molecule has 0 aliphatic carbocycles. The second-order valence-corrected chi connectivity index (χ2v) is 7.20. The van der Waals surface area contributed by atoms with Crippen molar-refractivity contribution in [2.45, 2.75) is 0 Å². The van der Waals surface area contributed by atoms with Crippen LogP contribution in [0.2, 0.25) is 0 Å². The number of hydrogen-bond acceptors (Lipinski definition) is 7.